The van der Waals surface area contributed by atoms with Crippen LogP contribution in [0.25, 0.3) is 17.3 Å². The van der Waals surface area contributed by atoms with Gasteiger partial charge in [0.15, 0.2) is 5.82 Å². The maximum atomic E-state index is 12.7. The summed E-state index contributed by atoms with van der Waals surface area (Å²) in [5.74, 6) is 1.46. The van der Waals surface area contributed by atoms with Gasteiger partial charge in [-0.3, -0.25) is 9.36 Å². The smallest absolute Gasteiger partial charge is 0.271 e. The average molecular weight is 445 g/mol. The van der Waals surface area contributed by atoms with E-state index in [9.17, 15) is 4.79 Å². The van der Waals surface area contributed by atoms with Gasteiger partial charge in [-0.25, -0.2) is 9.97 Å². The molecule has 1 atom stereocenters. The summed E-state index contributed by atoms with van der Waals surface area (Å²) in [6.07, 6.45) is 6.65. The van der Waals surface area contributed by atoms with Crippen LogP contribution in [0, 0.1) is 0 Å². The predicted molar refractivity (Wildman–Crippen MR) is 125 cm³/mol. The zero-order valence-corrected chi connectivity index (χ0v) is 19.3. The van der Waals surface area contributed by atoms with Gasteiger partial charge in [-0.05, 0) is 37.5 Å². The highest BCUT2D eigenvalue weighted by Gasteiger charge is 2.22. The first-order chi connectivity index (χ1) is 15.8. The van der Waals surface area contributed by atoms with Gasteiger partial charge in [0.2, 0.25) is 0 Å². The van der Waals surface area contributed by atoms with Crippen LogP contribution >= 0.6 is 0 Å². The molecule has 3 aromatic heterocycles. The lowest BCUT2D eigenvalue weighted by Gasteiger charge is -2.12. The lowest BCUT2D eigenvalue weighted by atomic mass is 9.96. The zero-order valence-electron chi connectivity index (χ0n) is 19.3. The fourth-order valence-electron chi connectivity index (χ4n) is 3.30. The third-order valence-corrected chi connectivity index (χ3v) is 5.26. The lowest BCUT2D eigenvalue weighted by molar-refractivity contribution is 0.0934. The van der Waals surface area contributed by atoms with Gasteiger partial charge in [0, 0.05) is 29.4 Å². The number of amides is 1. The van der Waals surface area contributed by atoms with Crippen molar-refractivity contribution in [2.24, 2.45) is 0 Å². The molecule has 0 aliphatic rings. The standard InChI is InChI=1S/C25H28N6O2/c1-17(10-11-18-8-6-5-7-9-18)28-22(32)20-15-31(16-27-20)21-14-19(12-13-26-21)23-29-24(30-33-23)25(2,3)4/h5-9,12-17H,10-11H2,1-4H3,(H,28,32)/t17-/m0/s1. The van der Waals surface area contributed by atoms with E-state index in [0.29, 0.717) is 23.2 Å². The summed E-state index contributed by atoms with van der Waals surface area (Å²) in [6, 6.07) is 13.9. The highest BCUT2D eigenvalue weighted by Crippen LogP contribution is 2.24. The first-order valence-corrected chi connectivity index (χ1v) is 11.0. The molecule has 8 nitrogen and oxygen atoms in total. The first-order valence-electron chi connectivity index (χ1n) is 11.0. The molecule has 8 heteroatoms. The topological polar surface area (TPSA) is 98.7 Å². The Morgan fingerprint density at radius 3 is 2.67 bits per heavy atom. The molecule has 0 aliphatic carbocycles. The number of pyridine rings is 1. The van der Waals surface area contributed by atoms with E-state index in [-0.39, 0.29) is 17.4 Å². The van der Waals surface area contributed by atoms with Crippen molar-refractivity contribution in [2.75, 3.05) is 0 Å². The summed E-state index contributed by atoms with van der Waals surface area (Å²) < 4.78 is 7.13. The number of imidazole rings is 1. The van der Waals surface area contributed by atoms with Crippen LogP contribution < -0.4 is 5.32 Å². The van der Waals surface area contributed by atoms with Crippen molar-refractivity contribution in [3.8, 4) is 17.3 Å². The number of aromatic nitrogens is 5. The summed E-state index contributed by atoms with van der Waals surface area (Å²) in [4.78, 5) is 25.8. The van der Waals surface area contributed by atoms with Crippen LogP contribution in [0.15, 0.2) is 65.7 Å². The molecule has 0 saturated carbocycles. The van der Waals surface area contributed by atoms with Crippen LogP contribution in [0.2, 0.25) is 0 Å². The number of hydrogen-bond acceptors (Lipinski definition) is 6. The molecule has 0 unspecified atom stereocenters. The summed E-state index contributed by atoms with van der Waals surface area (Å²) in [6.45, 7) is 8.08. The maximum Gasteiger partial charge on any atom is 0.271 e. The number of hydrogen-bond donors (Lipinski definition) is 1. The number of carbonyl (C=O) groups excluding carboxylic acids is 1. The SMILES string of the molecule is C[C@@H](CCc1ccccc1)NC(=O)c1cn(-c2cc(-c3nc(C(C)(C)C)no3)ccn2)cn1. The van der Waals surface area contributed by atoms with Crippen LogP contribution in [0.1, 0.15) is 56.0 Å². The van der Waals surface area contributed by atoms with Crippen LogP contribution in [0.5, 0.6) is 0 Å². The number of aryl methyl sites for hydroxylation is 1. The summed E-state index contributed by atoms with van der Waals surface area (Å²) in [5, 5.41) is 7.09. The second kappa shape index (κ2) is 9.36. The van der Waals surface area contributed by atoms with E-state index in [1.165, 1.54) is 5.56 Å². The van der Waals surface area contributed by atoms with Crippen molar-refractivity contribution >= 4 is 5.91 Å². The molecule has 33 heavy (non-hydrogen) atoms. The minimum atomic E-state index is -0.211. The maximum absolute atomic E-state index is 12.7. The largest absolute Gasteiger partial charge is 0.348 e. The van der Waals surface area contributed by atoms with E-state index in [1.54, 1.807) is 23.3 Å². The molecule has 1 amide bonds. The Morgan fingerprint density at radius 2 is 1.94 bits per heavy atom. The molecule has 0 radical (unpaired) electrons. The molecule has 4 rings (SSSR count). The Labute approximate surface area is 193 Å². The number of rotatable bonds is 7. The summed E-state index contributed by atoms with van der Waals surface area (Å²) in [5.41, 5.74) is 2.13. The summed E-state index contributed by atoms with van der Waals surface area (Å²) in [7, 11) is 0. The lowest BCUT2D eigenvalue weighted by Crippen LogP contribution is -2.33. The molecule has 0 aliphatic heterocycles. The Kier molecular flexibility index (Phi) is 6.35. The van der Waals surface area contributed by atoms with Crippen LogP contribution in [-0.2, 0) is 11.8 Å². The molecule has 0 fully saturated rings. The minimum absolute atomic E-state index is 0.0267. The number of nitrogens with one attached hydrogen (secondary N) is 1. The normalized spacial score (nSPS) is 12.5. The molecule has 1 N–H and O–H groups in total. The zero-order chi connectivity index (χ0) is 23.4. The molecule has 1 aromatic carbocycles. The Bertz CT molecular complexity index is 1220. The van der Waals surface area contributed by atoms with Crippen LogP contribution in [-0.4, -0.2) is 36.6 Å². The number of benzene rings is 1. The van der Waals surface area contributed by atoms with Gasteiger partial charge in [-0.1, -0.05) is 56.3 Å². The molecular formula is C25H28N6O2. The van der Waals surface area contributed by atoms with E-state index in [2.05, 4.69) is 37.6 Å². The molecule has 0 saturated heterocycles. The second-order valence-corrected chi connectivity index (χ2v) is 9.14. The van der Waals surface area contributed by atoms with Gasteiger partial charge < -0.3 is 9.84 Å². The number of nitrogens with zero attached hydrogens (tertiary/aromatic N) is 5. The van der Waals surface area contributed by atoms with Crippen molar-refractivity contribution in [2.45, 2.75) is 52.0 Å². The fourth-order valence-corrected chi connectivity index (χ4v) is 3.30. The average Bonchev–Trinajstić information content (AvgIpc) is 3.49. The van der Waals surface area contributed by atoms with E-state index in [0.717, 1.165) is 18.4 Å². The summed E-state index contributed by atoms with van der Waals surface area (Å²) >= 11 is 0. The molecule has 0 bridgehead atoms. The minimum Gasteiger partial charge on any atom is -0.348 e. The third-order valence-electron chi connectivity index (χ3n) is 5.26. The van der Waals surface area contributed by atoms with Crippen LogP contribution in [0.3, 0.4) is 0 Å². The Hall–Kier alpha value is -3.81. The molecule has 3 heterocycles. The van der Waals surface area contributed by atoms with Crippen molar-refractivity contribution in [3.63, 3.8) is 0 Å². The molecule has 170 valence electrons. The van der Waals surface area contributed by atoms with Crippen LogP contribution in [0.4, 0.5) is 0 Å². The van der Waals surface area contributed by atoms with E-state index in [4.69, 9.17) is 4.52 Å². The number of carbonyl (C=O) groups is 1. The highest BCUT2D eigenvalue weighted by molar-refractivity contribution is 5.92. The van der Waals surface area contributed by atoms with Gasteiger partial charge >= 0.3 is 0 Å². The van der Waals surface area contributed by atoms with Crippen molar-refractivity contribution in [3.05, 3.63) is 78.3 Å². The van der Waals surface area contributed by atoms with Crippen molar-refractivity contribution < 1.29 is 9.32 Å². The fraction of sp³-hybridized carbons (Fsp3) is 0.320. The van der Waals surface area contributed by atoms with Crippen molar-refractivity contribution in [1.82, 2.24) is 30.0 Å². The van der Waals surface area contributed by atoms with Gasteiger partial charge in [0.05, 0.1) is 0 Å². The molecule has 4 aromatic rings. The first kappa shape index (κ1) is 22.4. The van der Waals surface area contributed by atoms with Gasteiger partial charge in [-0.15, -0.1) is 0 Å². The third kappa shape index (κ3) is 5.52. The molecular weight excluding hydrogens is 416 g/mol. The van der Waals surface area contributed by atoms with Crippen molar-refractivity contribution in [1.29, 1.82) is 0 Å². The Morgan fingerprint density at radius 1 is 1.15 bits per heavy atom. The Balaban J connectivity index is 1.42. The quantitative estimate of drug-likeness (QED) is 0.455. The van der Waals surface area contributed by atoms with Gasteiger partial charge in [-0.2, -0.15) is 4.98 Å². The molecule has 0 spiro atoms. The van der Waals surface area contributed by atoms with Gasteiger partial charge in [0.25, 0.3) is 11.8 Å². The predicted octanol–water partition coefficient (Wildman–Crippen LogP) is 4.37. The monoisotopic (exact) mass is 444 g/mol. The van der Waals surface area contributed by atoms with Gasteiger partial charge in [0.1, 0.15) is 17.8 Å². The van der Waals surface area contributed by atoms with E-state index in [1.807, 2.05) is 58.0 Å². The van der Waals surface area contributed by atoms with E-state index >= 15 is 0 Å². The van der Waals surface area contributed by atoms with E-state index < -0.39 is 0 Å². The second-order valence-electron chi connectivity index (χ2n) is 9.14. The highest BCUT2D eigenvalue weighted by atomic mass is 16.5.